The summed E-state index contributed by atoms with van der Waals surface area (Å²) in [5, 5.41) is 1.21. The second-order valence-corrected chi connectivity index (χ2v) is 6.35. The Kier molecular flexibility index (Phi) is 6.63. The van der Waals surface area contributed by atoms with Gasteiger partial charge in [-0.2, -0.15) is 12.6 Å². The van der Waals surface area contributed by atoms with E-state index in [-0.39, 0.29) is 5.91 Å². The smallest absolute Gasteiger partial charge is 0.223 e. The van der Waals surface area contributed by atoms with Crippen LogP contribution in [0.2, 0.25) is 10.0 Å². The van der Waals surface area contributed by atoms with Crippen molar-refractivity contribution in [3.05, 3.63) is 58.1 Å². The van der Waals surface area contributed by atoms with Crippen molar-refractivity contribution in [2.24, 2.45) is 0 Å². The molecule has 0 heterocycles. The van der Waals surface area contributed by atoms with Crippen LogP contribution in [0, 0.1) is 0 Å². The second-order valence-electron chi connectivity index (χ2n) is 5.03. The molecule has 122 valence electrons. The van der Waals surface area contributed by atoms with E-state index in [0.29, 0.717) is 40.3 Å². The predicted octanol–water partition coefficient (Wildman–Crippen LogP) is 5.06. The lowest BCUT2D eigenvalue weighted by molar-refractivity contribution is -0.129. The Morgan fingerprint density at radius 3 is 2.43 bits per heavy atom. The number of rotatable bonds is 6. The molecule has 0 aliphatic heterocycles. The van der Waals surface area contributed by atoms with E-state index in [1.807, 2.05) is 6.07 Å². The molecule has 3 nitrogen and oxygen atoms in total. The number of carbonyl (C=O) groups is 1. The lowest BCUT2D eigenvalue weighted by Crippen LogP contribution is -2.26. The van der Waals surface area contributed by atoms with Gasteiger partial charge in [0, 0.05) is 35.6 Å². The van der Waals surface area contributed by atoms with Gasteiger partial charge >= 0.3 is 0 Å². The van der Waals surface area contributed by atoms with Crippen LogP contribution in [0.3, 0.4) is 0 Å². The van der Waals surface area contributed by atoms with Crippen molar-refractivity contribution in [3.8, 4) is 11.5 Å². The lowest BCUT2D eigenvalue weighted by Gasteiger charge is -2.19. The Bertz CT molecular complexity index is 677. The number of halogens is 2. The Balaban J connectivity index is 2.19. The third-order valence-corrected chi connectivity index (χ3v) is 3.94. The fourth-order valence-corrected chi connectivity index (χ4v) is 2.49. The van der Waals surface area contributed by atoms with Gasteiger partial charge in [0.25, 0.3) is 0 Å². The molecule has 0 aromatic heterocycles. The largest absolute Gasteiger partial charge is 0.457 e. The first-order chi connectivity index (χ1) is 11.0. The molecule has 23 heavy (non-hydrogen) atoms. The molecule has 0 aliphatic carbocycles. The minimum Gasteiger partial charge on any atom is -0.457 e. The van der Waals surface area contributed by atoms with E-state index < -0.39 is 0 Å². The van der Waals surface area contributed by atoms with Crippen molar-refractivity contribution in [1.82, 2.24) is 4.90 Å². The van der Waals surface area contributed by atoms with Crippen LogP contribution in [0.1, 0.15) is 12.0 Å². The van der Waals surface area contributed by atoms with Crippen LogP contribution in [0.4, 0.5) is 0 Å². The van der Waals surface area contributed by atoms with Crippen molar-refractivity contribution in [3.63, 3.8) is 0 Å². The average Bonchev–Trinajstić information content (AvgIpc) is 2.52. The molecule has 2 aromatic carbocycles. The molecule has 2 aromatic rings. The van der Waals surface area contributed by atoms with Gasteiger partial charge in [0.1, 0.15) is 11.5 Å². The Morgan fingerprint density at radius 1 is 1.13 bits per heavy atom. The number of benzene rings is 2. The number of nitrogens with zero attached hydrogens (tertiary/aromatic N) is 1. The van der Waals surface area contributed by atoms with Gasteiger partial charge in [0.2, 0.25) is 5.91 Å². The number of ether oxygens (including phenoxy) is 1. The van der Waals surface area contributed by atoms with Crippen molar-refractivity contribution in [2.75, 3.05) is 12.8 Å². The van der Waals surface area contributed by atoms with Gasteiger partial charge in [0.05, 0.1) is 0 Å². The molecule has 0 radical (unpaired) electrons. The molecule has 0 spiro atoms. The van der Waals surface area contributed by atoms with Crippen LogP contribution in [0.5, 0.6) is 11.5 Å². The third-order valence-electron chi connectivity index (χ3n) is 3.23. The van der Waals surface area contributed by atoms with Gasteiger partial charge in [-0.3, -0.25) is 4.79 Å². The normalized spacial score (nSPS) is 10.4. The maximum absolute atomic E-state index is 11.9. The molecule has 0 unspecified atom stereocenters. The van der Waals surface area contributed by atoms with E-state index in [4.69, 9.17) is 27.9 Å². The molecule has 0 fully saturated rings. The quantitative estimate of drug-likeness (QED) is 0.720. The highest BCUT2D eigenvalue weighted by molar-refractivity contribution is 7.80. The van der Waals surface area contributed by atoms with Crippen LogP contribution < -0.4 is 4.74 Å². The summed E-state index contributed by atoms with van der Waals surface area (Å²) < 4.78 is 5.89. The molecule has 2 rings (SSSR count). The topological polar surface area (TPSA) is 29.5 Å². The minimum atomic E-state index is 0.0346. The molecule has 0 aliphatic rings. The number of hydrogen-bond donors (Lipinski definition) is 1. The van der Waals surface area contributed by atoms with Gasteiger partial charge in [0.15, 0.2) is 0 Å². The Morgan fingerprint density at radius 2 is 1.78 bits per heavy atom. The maximum Gasteiger partial charge on any atom is 0.223 e. The number of hydrogen-bond acceptors (Lipinski definition) is 3. The zero-order valence-corrected chi connectivity index (χ0v) is 15.0. The molecule has 0 atom stereocenters. The van der Waals surface area contributed by atoms with E-state index in [0.717, 1.165) is 5.56 Å². The van der Waals surface area contributed by atoms with Gasteiger partial charge in [-0.25, -0.2) is 0 Å². The molecule has 0 saturated carbocycles. The molecule has 1 amide bonds. The van der Waals surface area contributed by atoms with Crippen LogP contribution in [0.25, 0.3) is 0 Å². The number of thiol groups is 1. The van der Waals surface area contributed by atoms with Crippen molar-refractivity contribution in [1.29, 1.82) is 0 Å². The summed E-state index contributed by atoms with van der Waals surface area (Å²) >= 11 is 16.0. The summed E-state index contributed by atoms with van der Waals surface area (Å²) in [6.45, 7) is 0.437. The van der Waals surface area contributed by atoms with Crippen LogP contribution >= 0.6 is 35.8 Å². The highest BCUT2D eigenvalue weighted by Crippen LogP contribution is 2.30. The van der Waals surface area contributed by atoms with Gasteiger partial charge in [-0.05, 0) is 42.2 Å². The zero-order valence-electron chi connectivity index (χ0n) is 12.6. The van der Waals surface area contributed by atoms with Gasteiger partial charge < -0.3 is 9.64 Å². The first-order valence-electron chi connectivity index (χ1n) is 7.06. The molecule has 0 N–H and O–H groups in total. The van der Waals surface area contributed by atoms with E-state index in [9.17, 15) is 4.79 Å². The first-order valence-corrected chi connectivity index (χ1v) is 8.45. The molecule has 0 bridgehead atoms. The van der Waals surface area contributed by atoms with Crippen LogP contribution in [-0.2, 0) is 11.3 Å². The van der Waals surface area contributed by atoms with E-state index >= 15 is 0 Å². The van der Waals surface area contributed by atoms with Crippen LogP contribution in [-0.4, -0.2) is 23.6 Å². The monoisotopic (exact) mass is 369 g/mol. The second kappa shape index (κ2) is 8.48. The summed E-state index contributed by atoms with van der Waals surface area (Å²) in [7, 11) is 1.76. The first kappa shape index (κ1) is 18.0. The lowest BCUT2D eigenvalue weighted by atomic mass is 10.2. The Labute approximate surface area is 151 Å². The zero-order chi connectivity index (χ0) is 16.8. The maximum atomic E-state index is 11.9. The molecule has 6 heteroatoms. The van der Waals surface area contributed by atoms with Crippen LogP contribution in [0.15, 0.2) is 42.5 Å². The van der Waals surface area contributed by atoms with E-state index in [1.165, 1.54) is 0 Å². The van der Waals surface area contributed by atoms with Gasteiger partial charge in [-0.1, -0.05) is 29.3 Å². The molecule has 0 saturated heterocycles. The summed E-state index contributed by atoms with van der Waals surface area (Å²) in [5.41, 5.74) is 0.874. The molecular formula is C17H17Cl2NO2S. The predicted molar refractivity (Wildman–Crippen MR) is 97.9 cm³/mol. The van der Waals surface area contributed by atoms with Gasteiger partial charge in [-0.15, -0.1) is 0 Å². The van der Waals surface area contributed by atoms with E-state index in [1.54, 1.807) is 48.3 Å². The minimum absolute atomic E-state index is 0.0346. The highest BCUT2D eigenvalue weighted by Gasteiger charge is 2.13. The standard InChI is InChI=1S/C17H17Cl2NO2S/c1-20(17(21)8-9-23)11-12-2-3-14(19)10-16(12)22-15-6-4-13(18)5-7-15/h2-7,10,23H,8-9,11H2,1H3. The average molecular weight is 370 g/mol. The number of carbonyl (C=O) groups excluding carboxylic acids is 1. The summed E-state index contributed by atoms with van der Waals surface area (Å²) in [5.74, 6) is 1.83. The third kappa shape index (κ3) is 5.34. The highest BCUT2D eigenvalue weighted by atomic mass is 35.5. The summed E-state index contributed by atoms with van der Waals surface area (Å²) in [6.07, 6.45) is 0.403. The summed E-state index contributed by atoms with van der Waals surface area (Å²) in [4.78, 5) is 13.6. The Hall–Kier alpha value is -1.36. The van der Waals surface area contributed by atoms with Crippen molar-refractivity contribution in [2.45, 2.75) is 13.0 Å². The SMILES string of the molecule is CN(Cc1ccc(Cl)cc1Oc1ccc(Cl)cc1)C(=O)CCS. The van der Waals surface area contributed by atoms with E-state index in [2.05, 4.69) is 12.6 Å². The van der Waals surface area contributed by atoms with Crippen molar-refractivity contribution >= 4 is 41.7 Å². The fourth-order valence-electron chi connectivity index (χ4n) is 2.01. The number of amides is 1. The molecular weight excluding hydrogens is 353 g/mol. The van der Waals surface area contributed by atoms with Crippen molar-refractivity contribution < 1.29 is 9.53 Å². The fraction of sp³-hybridized carbons (Fsp3) is 0.235. The summed E-state index contributed by atoms with van der Waals surface area (Å²) in [6, 6.07) is 12.4.